The molecule has 0 bridgehead atoms. The molecule has 0 fully saturated rings. The molecule has 0 amide bonds. The Labute approximate surface area is 478 Å². The summed E-state index contributed by atoms with van der Waals surface area (Å²) in [5, 5.41) is 9.85. The van der Waals surface area contributed by atoms with E-state index in [-0.39, 0.29) is 25.9 Å². The molecule has 0 spiro atoms. The molecule has 0 aliphatic heterocycles. The normalized spacial score (nSPS) is 13.7. The van der Waals surface area contributed by atoms with Crippen molar-refractivity contribution in [2.75, 3.05) is 26.4 Å². The monoisotopic (exact) mass is 1120 g/mol. The first-order valence-electron chi connectivity index (χ1n) is 32.2. The van der Waals surface area contributed by atoms with Gasteiger partial charge in [0.05, 0.1) is 19.8 Å². The smallest absolute Gasteiger partial charge is 0.462 e. The van der Waals surface area contributed by atoms with E-state index in [4.69, 9.17) is 23.3 Å². The van der Waals surface area contributed by atoms with Crippen LogP contribution in [0.25, 0.3) is 0 Å². The maximum Gasteiger partial charge on any atom is 0.472 e. The number of phosphoric acid groups is 1. The second-order valence-electron chi connectivity index (χ2n) is 21.6. The highest BCUT2D eigenvalue weighted by molar-refractivity contribution is 7.47. The van der Waals surface area contributed by atoms with Crippen molar-refractivity contribution in [2.45, 2.75) is 315 Å². The van der Waals surface area contributed by atoms with Crippen LogP contribution in [0.1, 0.15) is 303 Å². The second-order valence-corrected chi connectivity index (χ2v) is 23.0. The van der Waals surface area contributed by atoms with Crippen LogP contribution in [-0.4, -0.2) is 66.5 Å². The van der Waals surface area contributed by atoms with Crippen LogP contribution in [0.4, 0.5) is 0 Å². The number of unbranched alkanes of at least 4 members (excludes halogenated alkanes) is 33. The van der Waals surface area contributed by atoms with E-state index in [2.05, 4.69) is 81.5 Å². The Kier molecular flexibility index (Phi) is 58.1. The van der Waals surface area contributed by atoms with E-state index in [1.807, 2.05) is 0 Å². The zero-order valence-electron chi connectivity index (χ0n) is 50.4. The van der Waals surface area contributed by atoms with E-state index in [0.717, 1.165) is 116 Å². The van der Waals surface area contributed by atoms with E-state index in [1.165, 1.54) is 128 Å². The van der Waals surface area contributed by atoms with E-state index in [1.54, 1.807) is 0 Å². The average molecular weight is 1120 g/mol. The van der Waals surface area contributed by atoms with E-state index in [9.17, 15) is 28.9 Å². The molecule has 454 valence electrons. The van der Waals surface area contributed by atoms with Crippen LogP contribution in [0, 0.1) is 0 Å². The predicted molar refractivity (Wildman–Crippen MR) is 325 cm³/mol. The number of carbonyl (C=O) groups excluding carboxylic acids is 3. The van der Waals surface area contributed by atoms with Gasteiger partial charge in [-0.3, -0.25) is 23.4 Å². The molecular weight excluding hydrogens is 1000 g/mol. The number of allylic oxidation sites excluding steroid dienone is 10. The van der Waals surface area contributed by atoms with Crippen molar-refractivity contribution in [3.05, 3.63) is 60.8 Å². The Morgan fingerprint density at radius 2 is 0.628 bits per heavy atom. The highest BCUT2D eigenvalue weighted by atomic mass is 31.2. The van der Waals surface area contributed by atoms with E-state index in [0.29, 0.717) is 19.3 Å². The first-order valence-corrected chi connectivity index (χ1v) is 33.7. The van der Waals surface area contributed by atoms with E-state index >= 15 is 0 Å². The largest absolute Gasteiger partial charge is 0.472 e. The van der Waals surface area contributed by atoms with Crippen LogP contribution < -0.4 is 0 Å². The summed E-state index contributed by atoms with van der Waals surface area (Å²) >= 11 is 0. The summed E-state index contributed by atoms with van der Waals surface area (Å²) in [6.45, 7) is 4.63. The SMILES string of the molecule is CCCCC/C=C\C/C=C\C/C=C\CCCCCCCCC(=O)OC(COC(=O)CCCCCCC/C=C\CCCCCCCC)COP(=O)(O)OCC(CO)OC(=O)CCCCCCCCC/C=C\CCCCCCCC. The highest BCUT2D eigenvalue weighted by Gasteiger charge is 2.28. The van der Waals surface area contributed by atoms with Gasteiger partial charge in [0, 0.05) is 19.3 Å². The third kappa shape index (κ3) is 57.9. The third-order valence-electron chi connectivity index (χ3n) is 13.9. The van der Waals surface area contributed by atoms with Gasteiger partial charge in [0.1, 0.15) is 12.7 Å². The Morgan fingerprint density at radius 3 is 1.00 bits per heavy atom. The van der Waals surface area contributed by atoms with Crippen molar-refractivity contribution in [3.8, 4) is 0 Å². The van der Waals surface area contributed by atoms with Crippen molar-refractivity contribution in [3.63, 3.8) is 0 Å². The highest BCUT2D eigenvalue weighted by Crippen LogP contribution is 2.43. The molecule has 0 heterocycles. The molecular formula is C66H119O11P. The quantitative estimate of drug-likeness (QED) is 0.0197. The van der Waals surface area contributed by atoms with Crippen LogP contribution >= 0.6 is 7.82 Å². The topological polar surface area (TPSA) is 155 Å². The number of ether oxygens (including phenoxy) is 3. The first kappa shape index (κ1) is 75.2. The molecule has 0 radical (unpaired) electrons. The van der Waals surface area contributed by atoms with Gasteiger partial charge in [0.15, 0.2) is 6.10 Å². The van der Waals surface area contributed by atoms with Gasteiger partial charge in [-0.05, 0) is 109 Å². The van der Waals surface area contributed by atoms with Crippen LogP contribution in [0.2, 0.25) is 0 Å². The number of esters is 3. The van der Waals surface area contributed by atoms with Gasteiger partial charge in [0.2, 0.25) is 0 Å². The molecule has 0 aromatic carbocycles. The van der Waals surface area contributed by atoms with Crippen molar-refractivity contribution >= 4 is 25.7 Å². The maximum atomic E-state index is 12.9. The summed E-state index contributed by atoms with van der Waals surface area (Å²) in [4.78, 5) is 48.7. The van der Waals surface area contributed by atoms with Crippen molar-refractivity contribution in [1.82, 2.24) is 0 Å². The fourth-order valence-corrected chi connectivity index (χ4v) is 9.73. The fourth-order valence-electron chi connectivity index (χ4n) is 8.94. The Morgan fingerprint density at radius 1 is 0.359 bits per heavy atom. The van der Waals surface area contributed by atoms with Gasteiger partial charge in [-0.2, -0.15) is 0 Å². The molecule has 3 atom stereocenters. The zero-order chi connectivity index (χ0) is 56.9. The molecule has 2 N–H and O–H groups in total. The number of phosphoric ester groups is 1. The molecule has 0 aliphatic rings. The number of rotatable bonds is 60. The molecule has 78 heavy (non-hydrogen) atoms. The van der Waals surface area contributed by atoms with Gasteiger partial charge in [0.25, 0.3) is 0 Å². The van der Waals surface area contributed by atoms with Crippen LogP contribution in [0.5, 0.6) is 0 Å². The minimum atomic E-state index is -4.76. The molecule has 11 nitrogen and oxygen atoms in total. The van der Waals surface area contributed by atoms with Gasteiger partial charge >= 0.3 is 25.7 Å². The van der Waals surface area contributed by atoms with Crippen molar-refractivity contribution < 1.29 is 52.2 Å². The van der Waals surface area contributed by atoms with E-state index < -0.39 is 57.8 Å². The van der Waals surface area contributed by atoms with Gasteiger partial charge in [-0.1, -0.05) is 236 Å². The Hall–Kier alpha value is -2.82. The molecule has 0 rings (SSSR count). The molecule has 0 aromatic rings. The number of aliphatic hydroxyl groups is 1. The number of hydrogen-bond donors (Lipinski definition) is 2. The van der Waals surface area contributed by atoms with Crippen LogP contribution in [0.3, 0.4) is 0 Å². The van der Waals surface area contributed by atoms with Crippen molar-refractivity contribution in [2.24, 2.45) is 0 Å². The second kappa shape index (κ2) is 60.3. The lowest BCUT2D eigenvalue weighted by Gasteiger charge is -2.21. The maximum absolute atomic E-state index is 12.9. The third-order valence-corrected chi connectivity index (χ3v) is 14.8. The number of carbonyl (C=O) groups is 3. The summed E-state index contributed by atoms with van der Waals surface area (Å²) < 4.78 is 39.7. The first-order chi connectivity index (χ1) is 38.2. The minimum Gasteiger partial charge on any atom is -0.462 e. The summed E-state index contributed by atoms with van der Waals surface area (Å²) in [6.07, 6.45) is 67.3. The molecule has 12 heteroatoms. The van der Waals surface area contributed by atoms with Crippen LogP contribution in [0.15, 0.2) is 60.8 Å². The summed E-state index contributed by atoms with van der Waals surface area (Å²) in [5.74, 6) is -1.48. The number of hydrogen-bond acceptors (Lipinski definition) is 10. The van der Waals surface area contributed by atoms with Gasteiger partial charge in [-0.25, -0.2) is 4.57 Å². The lowest BCUT2D eigenvalue weighted by molar-refractivity contribution is -0.161. The lowest BCUT2D eigenvalue weighted by atomic mass is 10.1. The summed E-state index contributed by atoms with van der Waals surface area (Å²) in [5.41, 5.74) is 0. The molecule has 0 aliphatic carbocycles. The van der Waals surface area contributed by atoms with Crippen LogP contribution in [-0.2, 0) is 42.2 Å². The lowest BCUT2D eigenvalue weighted by Crippen LogP contribution is -2.30. The Bertz CT molecular complexity index is 1540. The van der Waals surface area contributed by atoms with Gasteiger partial charge < -0.3 is 24.2 Å². The fraction of sp³-hybridized carbons (Fsp3) is 0.803. The predicted octanol–water partition coefficient (Wildman–Crippen LogP) is 19.5. The minimum absolute atomic E-state index is 0.151. The van der Waals surface area contributed by atoms with Crippen molar-refractivity contribution in [1.29, 1.82) is 0 Å². The standard InChI is InChI=1S/C66H119O11P/c1-4-7-10-13-16-19-22-25-28-30-31-33-36-39-42-45-48-51-54-57-66(70)77-63(59-73-64(68)55-52-49-46-43-40-37-34-27-24-21-18-15-12-9-6-3)61-75-78(71,72)74-60-62(58-67)76-65(69)56-53-50-47-44-41-38-35-32-29-26-23-20-17-14-11-8-5-2/h16,19,25-29,31,33-34,62-63,67H,4-15,17-18,20-24,30,32,35-61H2,1-3H3,(H,71,72)/b19-16-,28-25-,29-26-,33-31-,34-27-. The van der Waals surface area contributed by atoms with Gasteiger partial charge in [-0.15, -0.1) is 0 Å². The average Bonchev–Trinajstić information content (AvgIpc) is 3.43. The summed E-state index contributed by atoms with van der Waals surface area (Å²) in [7, 11) is -4.76. The molecule has 0 saturated carbocycles. The zero-order valence-corrected chi connectivity index (χ0v) is 51.3. The Balaban J connectivity index is 4.71. The summed E-state index contributed by atoms with van der Waals surface area (Å²) in [6, 6.07) is 0. The number of aliphatic hydroxyl groups excluding tert-OH is 1. The molecule has 3 unspecified atom stereocenters. The molecule has 0 aromatic heterocycles. The molecule has 0 saturated heterocycles.